The summed E-state index contributed by atoms with van der Waals surface area (Å²) >= 11 is 0. The minimum absolute atomic E-state index is 0.722. The third-order valence-electron chi connectivity index (χ3n) is 1.56. The fourth-order valence-electron chi connectivity index (χ4n) is 0.679. The summed E-state index contributed by atoms with van der Waals surface area (Å²) in [5.41, 5.74) is 1.31. The van der Waals surface area contributed by atoms with E-state index in [1.807, 2.05) is 20.8 Å². The quantitative estimate of drug-likeness (QED) is 0.528. The molecule has 0 heterocycles. The molecule has 1 atom stereocenters. The van der Waals surface area contributed by atoms with Crippen LogP contribution in [0.15, 0.2) is 24.8 Å². The van der Waals surface area contributed by atoms with Crippen molar-refractivity contribution in [3.05, 3.63) is 24.8 Å². The Balaban J connectivity index is -0.000000169. The second-order valence-corrected chi connectivity index (χ2v) is 2.94. The third kappa shape index (κ3) is 24.6. The summed E-state index contributed by atoms with van der Waals surface area (Å²) in [5, 5.41) is 0. The molecule has 0 amide bonds. The monoisotopic (exact) mass is 184 g/mol. The van der Waals surface area contributed by atoms with Gasteiger partial charge in [-0.15, -0.1) is 6.58 Å². The van der Waals surface area contributed by atoms with Gasteiger partial charge in [-0.05, 0) is 26.2 Å². The summed E-state index contributed by atoms with van der Waals surface area (Å²) in [5.74, 6) is 0.722. The fraction of sp³-hybridized carbons (Fsp3) is 0.692. The molecule has 0 aromatic rings. The van der Waals surface area contributed by atoms with Crippen molar-refractivity contribution in [2.45, 2.75) is 54.4 Å². The fourth-order valence-corrected chi connectivity index (χ4v) is 0.679. The van der Waals surface area contributed by atoms with E-state index in [2.05, 4.69) is 33.9 Å². The Labute approximate surface area is 85.8 Å². The highest BCUT2D eigenvalue weighted by Crippen LogP contribution is 2.12. The summed E-state index contributed by atoms with van der Waals surface area (Å²) in [7, 11) is 0. The van der Waals surface area contributed by atoms with Crippen LogP contribution in [0.4, 0.5) is 0 Å². The lowest BCUT2D eigenvalue weighted by Crippen LogP contribution is -1.92. The Kier molecular flexibility index (Phi) is 24.7. The maximum absolute atomic E-state index is 3.87. The minimum atomic E-state index is 0.722. The van der Waals surface area contributed by atoms with E-state index >= 15 is 0 Å². The van der Waals surface area contributed by atoms with Gasteiger partial charge in [0.15, 0.2) is 0 Å². The molecule has 0 saturated carbocycles. The highest BCUT2D eigenvalue weighted by Gasteiger charge is 1.97. The van der Waals surface area contributed by atoms with Crippen LogP contribution in [0.2, 0.25) is 0 Å². The molecule has 1 unspecified atom stereocenters. The SMILES string of the molecule is C=C(C)C(C)CCC.C=CC.CC. The lowest BCUT2D eigenvalue weighted by molar-refractivity contribution is 0.603. The van der Waals surface area contributed by atoms with Crippen molar-refractivity contribution in [1.29, 1.82) is 0 Å². The predicted octanol–water partition coefficient (Wildman–Crippen LogP) is 5.22. The molecular weight excluding hydrogens is 156 g/mol. The van der Waals surface area contributed by atoms with E-state index in [1.165, 1.54) is 18.4 Å². The summed E-state index contributed by atoms with van der Waals surface area (Å²) in [6.07, 6.45) is 4.31. The average Bonchev–Trinajstić information content (AvgIpc) is 2.10. The standard InChI is InChI=1S/C8H16.C3H6.C2H6/c1-5-6-8(4)7(2)3;1-3-2;1-2/h8H,2,5-6H2,1,3-4H3;3H,1H2,2H3;1-2H3. The molecule has 0 saturated heterocycles. The highest BCUT2D eigenvalue weighted by molar-refractivity contribution is 4.93. The van der Waals surface area contributed by atoms with Crippen molar-refractivity contribution < 1.29 is 0 Å². The Morgan fingerprint density at radius 1 is 1.38 bits per heavy atom. The van der Waals surface area contributed by atoms with E-state index in [9.17, 15) is 0 Å². The summed E-state index contributed by atoms with van der Waals surface area (Å²) in [6.45, 7) is 19.7. The van der Waals surface area contributed by atoms with E-state index in [0.717, 1.165) is 5.92 Å². The lowest BCUT2D eigenvalue weighted by Gasteiger charge is -2.06. The maximum Gasteiger partial charge on any atom is -0.0237 e. The molecule has 0 spiro atoms. The van der Waals surface area contributed by atoms with Crippen LogP contribution in [0, 0.1) is 5.92 Å². The van der Waals surface area contributed by atoms with Crippen molar-refractivity contribution in [1.82, 2.24) is 0 Å². The van der Waals surface area contributed by atoms with Gasteiger partial charge in [-0.1, -0.05) is 52.3 Å². The molecule has 0 aliphatic heterocycles. The van der Waals surface area contributed by atoms with E-state index < -0.39 is 0 Å². The highest BCUT2D eigenvalue weighted by atomic mass is 14.0. The third-order valence-corrected chi connectivity index (χ3v) is 1.56. The lowest BCUT2D eigenvalue weighted by atomic mass is 10.00. The Bertz CT molecular complexity index is 101. The molecular formula is C13H28. The topological polar surface area (TPSA) is 0 Å². The molecule has 0 bridgehead atoms. The van der Waals surface area contributed by atoms with Crippen molar-refractivity contribution in [2.75, 3.05) is 0 Å². The van der Waals surface area contributed by atoms with Gasteiger partial charge >= 0.3 is 0 Å². The van der Waals surface area contributed by atoms with Crippen molar-refractivity contribution >= 4 is 0 Å². The zero-order valence-corrected chi connectivity index (χ0v) is 10.5. The smallest absolute Gasteiger partial charge is 0.0237 e. The van der Waals surface area contributed by atoms with Crippen LogP contribution in [0.25, 0.3) is 0 Å². The van der Waals surface area contributed by atoms with E-state index in [-0.39, 0.29) is 0 Å². The van der Waals surface area contributed by atoms with Crippen molar-refractivity contribution in [2.24, 2.45) is 5.92 Å². The summed E-state index contributed by atoms with van der Waals surface area (Å²) in [4.78, 5) is 0. The largest absolute Gasteiger partial charge is 0.103 e. The first-order chi connectivity index (χ1) is 6.09. The molecule has 0 nitrogen and oxygen atoms in total. The van der Waals surface area contributed by atoms with Crippen LogP contribution in [-0.4, -0.2) is 0 Å². The first-order valence-corrected chi connectivity index (χ1v) is 5.32. The van der Waals surface area contributed by atoms with Crippen LogP contribution < -0.4 is 0 Å². The van der Waals surface area contributed by atoms with Crippen molar-refractivity contribution in [3.8, 4) is 0 Å². The molecule has 0 radical (unpaired) electrons. The zero-order chi connectivity index (χ0) is 11.3. The van der Waals surface area contributed by atoms with Gasteiger partial charge in [0.05, 0.1) is 0 Å². The zero-order valence-electron chi connectivity index (χ0n) is 10.5. The van der Waals surface area contributed by atoms with Gasteiger partial charge < -0.3 is 0 Å². The van der Waals surface area contributed by atoms with Gasteiger partial charge in [0.1, 0.15) is 0 Å². The molecule has 0 aliphatic carbocycles. The molecule has 13 heavy (non-hydrogen) atoms. The molecule has 0 aliphatic rings. The Morgan fingerprint density at radius 2 is 1.69 bits per heavy atom. The first-order valence-electron chi connectivity index (χ1n) is 5.32. The first kappa shape index (κ1) is 18.3. The van der Waals surface area contributed by atoms with Gasteiger partial charge in [0, 0.05) is 0 Å². The van der Waals surface area contributed by atoms with E-state index in [0.29, 0.717) is 0 Å². The maximum atomic E-state index is 3.87. The molecule has 80 valence electrons. The Hall–Kier alpha value is -0.520. The van der Waals surface area contributed by atoms with Gasteiger partial charge in [-0.2, -0.15) is 0 Å². The molecule has 0 aromatic carbocycles. The van der Waals surface area contributed by atoms with Gasteiger partial charge in [-0.25, -0.2) is 0 Å². The molecule has 0 N–H and O–H groups in total. The van der Waals surface area contributed by atoms with E-state index in [1.54, 1.807) is 6.08 Å². The second kappa shape index (κ2) is 17.5. The number of hydrogen-bond donors (Lipinski definition) is 0. The van der Waals surface area contributed by atoms with E-state index in [4.69, 9.17) is 0 Å². The summed E-state index contributed by atoms with van der Waals surface area (Å²) in [6, 6.07) is 0. The number of hydrogen-bond acceptors (Lipinski definition) is 0. The Morgan fingerprint density at radius 3 is 1.77 bits per heavy atom. The van der Waals surface area contributed by atoms with Crippen LogP contribution in [0.1, 0.15) is 54.4 Å². The van der Waals surface area contributed by atoms with Gasteiger partial charge in [-0.3, -0.25) is 0 Å². The molecule has 0 fully saturated rings. The van der Waals surface area contributed by atoms with Crippen LogP contribution in [0.3, 0.4) is 0 Å². The molecule has 0 aromatic heterocycles. The normalized spacial score (nSPS) is 9.69. The average molecular weight is 184 g/mol. The van der Waals surface area contributed by atoms with Gasteiger partial charge in [0.25, 0.3) is 0 Å². The number of rotatable bonds is 3. The van der Waals surface area contributed by atoms with Crippen LogP contribution >= 0.6 is 0 Å². The number of allylic oxidation sites excluding steroid dienone is 2. The van der Waals surface area contributed by atoms with Crippen molar-refractivity contribution in [3.63, 3.8) is 0 Å². The van der Waals surface area contributed by atoms with Gasteiger partial charge in [0.2, 0.25) is 0 Å². The second-order valence-electron chi connectivity index (χ2n) is 2.94. The van der Waals surface area contributed by atoms with Crippen LogP contribution in [-0.2, 0) is 0 Å². The molecule has 0 heteroatoms. The van der Waals surface area contributed by atoms with Crippen LogP contribution in [0.5, 0.6) is 0 Å². The molecule has 0 rings (SSSR count). The predicted molar refractivity (Wildman–Crippen MR) is 66.1 cm³/mol. The minimum Gasteiger partial charge on any atom is -0.103 e. The summed E-state index contributed by atoms with van der Waals surface area (Å²) < 4.78 is 0.